The maximum atomic E-state index is 5.78. The average molecular weight is 320 g/mol. The van der Waals surface area contributed by atoms with Crippen LogP contribution in [0.4, 0.5) is 17.5 Å². The first-order valence-corrected chi connectivity index (χ1v) is 9.08. The molecular weight excluding hydrogens is 288 g/mol. The number of nitrogens with zero attached hydrogens (tertiary/aromatic N) is 4. The number of aromatic nitrogens is 2. The molecular formula is C17H32N6. The zero-order valence-electron chi connectivity index (χ0n) is 14.7. The van der Waals surface area contributed by atoms with Crippen LogP contribution in [-0.2, 0) is 0 Å². The van der Waals surface area contributed by atoms with E-state index >= 15 is 0 Å². The molecule has 0 amide bonds. The van der Waals surface area contributed by atoms with Crippen molar-refractivity contribution < 1.29 is 0 Å². The fourth-order valence-corrected chi connectivity index (χ4v) is 3.09. The molecule has 0 bridgehead atoms. The summed E-state index contributed by atoms with van der Waals surface area (Å²) in [5.74, 6) is 1.23. The molecule has 1 aromatic rings. The molecule has 0 aromatic carbocycles. The standard InChI is InChI=1S/C17H32N6/c1-3-22(4-2)11-9-6-10-19-16-15(14-20-17(18)21-16)23-12-7-5-8-13-23/h14H,3-13H2,1-2H3,(H3,18,19,20,21). The molecule has 0 aliphatic carbocycles. The van der Waals surface area contributed by atoms with E-state index in [1.165, 1.54) is 32.2 Å². The summed E-state index contributed by atoms with van der Waals surface area (Å²) in [6.45, 7) is 11.0. The molecule has 0 atom stereocenters. The van der Waals surface area contributed by atoms with E-state index in [4.69, 9.17) is 5.73 Å². The van der Waals surface area contributed by atoms with Gasteiger partial charge in [0, 0.05) is 19.6 Å². The second-order valence-electron chi connectivity index (χ2n) is 6.17. The minimum Gasteiger partial charge on any atom is -0.368 e. The van der Waals surface area contributed by atoms with Crippen molar-refractivity contribution in [3.8, 4) is 0 Å². The van der Waals surface area contributed by atoms with Gasteiger partial charge in [0.05, 0.1) is 11.9 Å². The quantitative estimate of drug-likeness (QED) is 0.682. The lowest BCUT2D eigenvalue weighted by Gasteiger charge is -2.29. The van der Waals surface area contributed by atoms with Gasteiger partial charge in [0.25, 0.3) is 0 Å². The largest absolute Gasteiger partial charge is 0.368 e. The predicted molar refractivity (Wildman–Crippen MR) is 98.0 cm³/mol. The number of hydrogen-bond acceptors (Lipinski definition) is 6. The molecule has 0 saturated carbocycles. The molecule has 1 saturated heterocycles. The summed E-state index contributed by atoms with van der Waals surface area (Å²) >= 11 is 0. The van der Waals surface area contributed by atoms with Crippen LogP contribution in [0, 0.1) is 0 Å². The Morgan fingerprint density at radius 3 is 2.61 bits per heavy atom. The van der Waals surface area contributed by atoms with Crippen molar-refractivity contribution in [3.05, 3.63) is 6.20 Å². The van der Waals surface area contributed by atoms with Crippen molar-refractivity contribution in [2.45, 2.75) is 46.0 Å². The van der Waals surface area contributed by atoms with Crippen LogP contribution in [0.2, 0.25) is 0 Å². The first-order valence-electron chi connectivity index (χ1n) is 9.08. The average Bonchev–Trinajstić information content (AvgIpc) is 2.59. The van der Waals surface area contributed by atoms with Crippen molar-refractivity contribution in [2.75, 3.05) is 55.2 Å². The lowest BCUT2D eigenvalue weighted by atomic mass is 10.1. The van der Waals surface area contributed by atoms with Gasteiger partial charge in [0.1, 0.15) is 0 Å². The van der Waals surface area contributed by atoms with Gasteiger partial charge in [-0.25, -0.2) is 4.98 Å². The molecule has 3 N–H and O–H groups in total. The highest BCUT2D eigenvalue weighted by molar-refractivity contribution is 5.66. The molecule has 1 aliphatic rings. The van der Waals surface area contributed by atoms with Crippen LogP contribution >= 0.6 is 0 Å². The number of nitrogens with one attached hydrogen (secondary N) is 1. The zero-order chi connectivity index (χ0) is 16.5. The van der Waals surface area contributed by atoms with Crippen molar-refractivity contribution in [1.82, 2.24) is 14.9 Å². The maximum absolute atomic E-state index is 5.78. The minimum atomic E-state index is 0.344. The summed E-state index contributed by atoms with van der Waals surface area (Å²) in [4.78, 5) is 13.4. The normalized spacial score (nSPS) is 15.2. The summed E-state index contributed by atoms with van der Waals surface area (Å²) in [6.07, 6.45) is 8.02. The molecule has 0 unspecified atom stereocenters. The molecule has 2 rings (SSSR count). The molecule has 23 heavy (non-hydrogen) atoms. The van der Waals surface area contributed by atoms with E-state index in [1.807, 2.05) is 6.20 Å². The third kappa shape index (κ3) is 5.53. The van der Waals surface area contributed by atoms with Crippen LogP contribution < -0.4 is 16.0 Å². The summed E-state index contributed by atoms with van der Waals surface area (Å²) in [5.41, 5.74) is 6.88. The second-order valence-corrected chi connectivity index (χ2v) is 6.17. The summed E-state index contributed by atoms with van der Waals surface area (Å²) < 4.78 is 0. The van der Waals surface area contributed by atoms with Crippen LogP contribution in [0.1, 0.15) is 46.0 Å². The third-order valence-electron chi connectivity index (χ3n) is 4.57. The van der Waals surface area contributed by atoms with Crippen LogP contribution in [-0.4, -0.2) is 54.1 Å². The van der Waals surface area contributed by atoms with E-state index in [-0.39, 0.29) is 0 Å². The highest BCUT2D eigenvalue weighted by Gasteiger charge is 2.16. The number of piperidine rings is 1. The van der Waals surface area contributed by atoms with E-state index in [0.717, 1.165) is 50.6 Å². The number of hydrogen-bond donors (Lipinski definition) is 2. The van der Waals surface area contributed by atoms with E-state index in [2.05, 4.69) is 38.9 Å². The molecule has 1 aliphatic heterocycles. The van der Waals surface area contributed by atoms with Gasteiger partial charge in [-0.15, -0.1) is 0 Å². The highest BCUT2D eigenvalue weighted by Crippen LogP contribution is 2.26. The predicted octanol–water partition coefficient (Wildman–Crippen LogP) is 2.58. The SMILES string of the molecule is CCN(CC)CCCCNc1nc(N)ncc1N1CCCCC1. The zero-order valence-corrected chi connectivity index (χ0v) is 14.7. The summed E-state index contributed by atoms with van der Waals surface area (Å²) in [7, 11) is 0. The van der Waals surface area contributed by atoms with Gasteiger partial charge < -0.3 is 20.9 Å². The minimum absolute atomic E-state index is 0.344. The van der Waals surface area contributed by atoms with Gasteiger partial charge >= 0.3 is 0 Å². The smallest absolute Gasteiger partial charge is 0.222 e. The molecule has 1 aromatic heterocycles. The summed E-state index contributed by atoms with van der Waals surface area (Å²) in [5, 5.41) is 3.47. The Balaban J connectivity index is 1.85. The van der Waals surface area contributed by atoms with Crippen LogP contribution in [0.15, 0.2) is 6.20 Å². The van der Waals surface area contributed by atoms with Gasteiger partial charge in [0.15, 0.2) is 5.82 Å². The Morgan fingerprint density at radius 2 is 1.91 bits per heavy atom. The van der Waals surface area contributed by atoms with Crippen LogP contribution in [0.3, 0.4) is 0 Å². The molecule has 1 fully saturated rings. The number of nitrogen functional groups attached to an aromatic ring is 1. The molecule has 130 valence electrons. The van der Waals surface area contributed by atoms with Gasteiger partial charge in [-0.3, -0.25) is 0 Å². The second kappa shape index (κ2) is 9.55. The first-order chi connectivity index (χ1) is 11.2. The Bertz CT molecular complexity index is 454. The fraction of sp³-hybridized carbons (Fsp3) is 0.765. The first kappa shape index (κ1) is 17.8. The molecule has 2 heterocycles. The topological polar surface area (TPSA) is 70.3 Å². The highest BCUT2D eigenvalue weighted by atomic mass is 15.2. The van der Waals surface area contributed by atoms with E-state index in [0.29, 0.717) is 5.95 Å². The van der Waals surface area contributed by atoms with Gasteiger partial charge in [-0.1, -0.05) is 13.8 Å². The molecule has 0 spiro atoms. The Hall–Kier alpha value is -1.56. The lowest BCUT2D eigenvalue weighted by molar-refractivity contribution is 0.298. The van der Waals surface area contributed by atoms with Gasteiger partial charge in [0.2, 0.25) is 5.95 Å². The van der Waals surface area contributed by atoms with Crippen molar-refractivity contribution in [3.63, 3.8) is 0 Å². The van der Waals surface area contributed by atoms with Crippen molar-refractivity contribution in [1.29, 1.82) is 0 Å². The number of anilines is 3. The Kier molecular flexibility index (Phi) is 7.39. The van der Waals surface area contributed by atoms with Crippen LogP contribution in [0.5, 0.6) is 0 Å². The van der Waals surface area contributed by atoms with Gasteiger partial charge in [-0.05, 0) is 51.7 Å². The van der Waals surface area contributed by atoms with Crippen LogP contribution in [0.25, 0.3) is 0 Å². The maximum Gasteiger partial charge on any atom is 0.222 e. The Labute approximate surface area is 140 Å². The third-order valence-corrected chi connectivity index (χ3v) is 4.57. The van der Waals surface area contributed by atoms with E-state index < -0.39 is 0 Å². The molecule has 6 heteroatoms. The van der Waals surface area contributed by atoms with Gasteiger partial charge in [-0.2, -0.15) is 4.98 Å². The monoisotopic (exact) mass is 320 g/mol. The molecule has 0 radical (unpaired) electrons. The van der Waals surface area contributed by atoms with Crippen molar-refractivity contribution >= 4 is 17.5 Å². The van der Waals surface area contributed by atoms with E-state index in [9.17, 15) is 0 Å². The molecule has 6 nitrogen and oxygen atoms in total. The number of unbranched alkanes of at least 4 members (excludes halogenated alkanes) is 1. The van der Waals surface area contributed by atoms with Crippen molar-refractivity contribution in [2.24, 2.45) is 0 Å². The Morgan fingerprint density at radius 1 is 1.17 bits per heavy atom. The number of rotatable bonds is 9. The lowest BCUT2D eigenvalue weighted by Crippen LogP contribution is -2.30. The fourth-order valence-electron chi connectivity index (χ4n) is 3.09. The number of nitrogens with two attached hydrogens (primary N) is 1. The summed E-state index contributed by atoms with van der Waals surface area (Å²) in [6, 6.07) is 0. The van der Waals surface area contributed by atoms with E-state index in [1.54, 1.807) is 0 Å².